The van der Waals surface area contributed by atoms with Crippen LogP contribution >= 0.6 is 11.6 Å². The fourth-order valence-corrected chi connectivity index (χ4v) is 2.03. The number of nitrogens with zero attached hydrogens (tertiary/aromatic N) is 1. The first kappa shape index (κ1) is 17.2. The average molecular weight is 347 g/mol. The molecule has 7 nitrogen and oxygen atoms in total. The highest BCUT2D eigenvalue weighted by atomic mass is 35.5. The van der Waals surface area contributed by atoms with Gasteiger partial charge < -0.3 is 10.4 Å². The number of carbonyl (C=O) groups excluding carboxylic acids is 1. The Morgan fingerprint density at radius 3 is 2.42 bits per heavy atom. The molecule has 8 heteroatoms. The molecule has 2 aromatic carbocycles. The van der Waals surface area contributed by atoms with Crippen molar-refractivity contribution in [3.8, 4) is 0 Å². The summed E-state index contributed by atoms with van der Waals surface area (Å²) in [7, 11) is 0. The van der Waals surface area contributed by atoms with Crippen LogP contribution in [0.2, 0.25) is 5.02 Å². The summed E-state index contributed by atoms with van der Waals surface area (Å²) >= 11 is 5.74. The molecule has 0 aliphatic carbocycles. The number of carbonyl (C=O) groups is 2. The lowest BCUT2D eigenvalue weighted by atomic mass is 10.1. The third-order valence-electron chi connectivity index (χ3n) is 3.00. The van der Waals surface area contributed by atoms with E-state index in [9.17, 15) is 19.7 Å². The molecule has 0 fully saturated rings. The molecule has 0 aromatic heterocycles. The van der Waals surface area contributed by atoms with Crippen LogP contribution in [0.4, 0.5) is 11.4 Å². The average Bonchev–Trinajstić information content (AvgIpc) is 2.54. The third-order valence-corrected chi connectivity index (χ3v) is 3.24. The number of non-ortho nitro benzene ring substituents is 1. The smallest absolute Gasteiger partial charge is 0.337 e. The number of nitrogens with one attached hydrogen (secondary N) is 1. The zero-order chi connectivity index (χ0) is 17.7. The van der Waals surface area contributed by atoms with Crippen molar-refractivity contribution < 1.29 is 19.6 Å². The summed E-state index contributed by atoms with van der Waals surface area (Å²) in [5.41, 5.74) is 0.527. The summed E-state index contributed by atoms with van der Waals surface area (Å²) in [6.45, 7) is 0. The number of hydrogen-bond donors (Lipinski definition) is 2. The van der Waals surface area contributed by atoms with Gasteiger partial charge in [-0.1, -0.05) is 11.6 Å². The van der Waals surface area contributed by atoms with E-state index in [1.54, 1.807) is 0 Å². The Morgan fingerprint density at radius 1 is 1.17 bits per heavy atom. The number of rotatable bonds is 5. The topological polar surface area (TPSA) is 110 Å². The van der Waals surface area contributed by atoms with Gasteiger partial charge in [0, 0.05) is 23.2 Å². The zero-order valence-corrected chi connectivity index (χ0v) is 12.9. The van der Waals surface area contributed by atoms with Crippen LogP contribution < -0.4 is 5.32 Å². The summed E-state index contributed by atoms with van der Waals surface area (Å²) < 4.78 is 0. The second kappa shape index (κ2) is 7.38. The molecule has 2 aromatic rings. The van der Waals surface area contributed by atoms with E-state index in [0.717, 1.165) is 0 Å². The Morgan fingerprint density at radius 2 is 1.83 bits per heavy atom. The normalized spacial score (nSPS) is 10.5. The Labute approximate surface area is 141 Å². The first-order valence-corrected chi connectivity index (χ1v) is 7.01. The number of halogens is 1. The van der Waals surface area contributed by atoms with Crippen LogP contribution in [0.3, 0.4) is 0 Å². The van der Waals surface area contributed by atoms with Crippen molar-refractivity contribution in [3.63, 3.8) is 0 Å². The van der Waals surface area contributed by atoms with E-state index >= 15 is 0 Å². The predicted molar refractivity (Wildman–Crippen MR) is 89.2 cm³/mol. The zero-order valence-electron chi connectivity index (χ0n) is 12.1. The van der Waals surface area contributed by atoms with Gasteiger partial charge in [-0.15, -0.1) is 0 Å². The van der Waals surface area contributed by atoms with Crippen LogP contribution in [0.1, 0.15) is 15.9 Å². The number of nitro groups is 1. The Balaban J connectivity index is 2.10. The van der Waals surface area contributed by atoms with Gasteiger partial charge in [0.15, 0.2) is 0 Å². The molecule has 0 bridgehead atoms. The van der Waals surface area contributed by atoms with Gasteiger partial charge in [0.05, 0.1) is 16.2 Å². The van der Waals surface area contributed by atoms with E-state index in [0.29, 0.717) is 5.56 Å². The summed E-state index contributed by atoms with van der Waals surface area (Å²) in [4.78, 5) is 33.1. The molecule has 0 saturated heterocycles. The molecule has 1 amide bonds. The van der Waals surface area contributed by atoms with E-state index in [1.165, 1.54) is 54.6 Å². The number of carboxylic acid groups (broad SMARTS) is 1. The van der Waals surface area contributed by atoms with E-state index < -0.39 is 16.8 Å². The summed E-state index contributed by atoms with van der Waals surface area (Å²) in [5.74, 6) is -1.76. The molecule has 0 heterocycles. The first-order chi connectivity index (χ1) is 11.4. The monoisotopic (exact) mass is 346 g/mol. The molecule has 0 radical (unpaired) electrons. The van der Waals surface area contributed by atoms with Crippen LogP contribution in [-0.4, -0.2) is 21.9 Å². The Hall–Kier alpha value is -3.19. The molecule has 2 N–H and O–H groups in total. The summed E-state index contributed by atoms with van der Waals surface area (Å²) in [5, 5.41) is 22.3. The number of anilines is 1. The molecular formula is C16H11ClN2O5. The van der Waals surface area contributed by atoms with Crippen molar-refractivity contribution in [2.24, 2.45) is 0 Å². The molecule has 122 valence electrons. The minimum atomic E-state index is -1.22. The fraction of sp³-hybridized carbons (Fsp3) is 0. The molecule has 24 heavy (non-hydrogen) atoms. The highest BCUT2D eigenvalue weighted by Gasteiger charge is 2.12. The quantitative estimate of drug-likeness (QED) is 0.488. The van der Waals surface area contributed by atoms with Gasteiger partial charge in [0.25, 0.3) is 5.69 Å². The Bertz CT molecular complexity index is 831. The van der Waals surface area contributed by atoms with E-state index in [-0.39, 0.29) is 22.0 Å². The molecule has 0 atom stereocenters. The van der Waals surface area contributed by atoms with E-state index in [2.05, 4.69) is 5.32 Å². The van der Waals surface area contributed by atoms with Crippen molar-refractivity contribution >= 4 is 40.9 Å². The van der Waals surface area contributed by atoms with Crippen molar-refractivity contribution in [1.82, 2.24) is 0 Å². The van der Waals surface area contributed by atoms with Crippen LogP contribution in [0.5, 0.6) is 0 Å². The lowest BCUT2D eigenvalue weighted by Crippen LogP contribution is -2.12. The lowest BCUT2D eigenvalue weighted by Gasteiger charge is -2.06. The van der Waals surface area contributed by atoms with Gasteiger partial charge in [-0.3, -0.25) is 14.9 Å². The third kappa shape index (κ3) is 4.40. The number of amides is 1. The predicted octanol–water partition coefficient (Wildman–Crippen LogP) is 3.60. The second-order valence-corrected chi connectivity index (χ2v) is 5.10. The fourth-order valence-electron chi connectivity index (χ4n) is 1.86. The summed E-state index contributed by atoms with van der Waals surface area (Å²) in [6, 6.07) is 9.71. The van der Waals surface area contributed by atoms with Crippen molar-refractivity contribution in [2.45, 2.75) is 0 Å². The van der Waals surface area contributed by atoms with Crippen molar-refractivity contribution in [1.29, 1.82) is 0 Å². The molecular weight excluding hydrogens is 336 g/mol. The SMILES string of the molecule is O=C(C=Cc1ccc([N+](=O)[O-])cc1)Nc1ccc(Cl)cc1C(=O)O. The van der Waals surface area contributed by atoms with Crippen LogP contribution in [0.15, 0.2) is 48.5 Å². The highest BCUT2D eigenvalue weighted by Crippen LogP contribution is 2.21. The molecule has 0 saturated carbocycles. The molecule has 0 aliphatic rings. The van der Waals surface area contributed by atoms with Gasteiger partial charge in [-0.25, -0.2) is 4.79 Å². The molecule has 0 unspecified atom stereocenters. The number of aromatic carboxylic acids is 1. The second-order valence-electron chi connectivity index (χ2n) is 4.67. The van der Waals surface area contributed by atoms with Crippen molar-refractivity contribution in [2.75, 3.05) is 5.32 Å². The minimum absolute atomic E-state index is 0.0520. The van der Waals surface area contributed by atoms with Gasteiger partial charge >= 0.3 is 5.97 Å². The number of hydrogen-bond acceptors (Lipinski definition) is 4. The van der Waals surface area contributed by atoms with Gasteiger partial charge in [0.1, 0.15) is 0 Å². The van der Waals surface area contributed by atoms with Crippen LogP contribution in [-0.2, 0) is 4.79 Å². The maximum atomic E-state index is 11.9. The van der Waals surface area contributed by atoms with Gasteiger partial charge in [-0.2, -0.15) is 0 Å². The van der Waals surface area contributed by atoms with Gasteiger partial charge in [-0.05, 0) is 42.0 Å². The Kier molecular flexibility index (Phi) is 5.28. The number of benzene rings is 2. The van der Waals surface area contributed by atoms with Crippen LogP contribution in [0, 0.1) is 10.1 Å². The minimum Gasteiger partial charge on any atom is -0.478 e. The van der Waals surface area contributed by atoms with Crippen molar-refractivity contribution in [3.05, 3.63) is 74.8 Å². The van der Waals surface area contributed by atoms with Gasteiger partial charge in [0.2, 0.25) is 5.91 Å². The standard InChI is InChI=1S/C16H11ClN2O5/c17-11-4-7-14(13(9-11)16(21)22)18-15(20)8-3-10-1-5-12(6-2-10)19(23)24/h1-9H,(H,18,20)(H,21,22). The molecule has 2 rings (SSSR count). The molecule has 0 aliphatic heterocycles. The first-order valence-electron chi connectivity index (χ1n) is 6.63. The largest absolute Gasteiger partial charge is 0.478 e. The van der Waals surface area contributed by atoms with E-state index in [4.69, 9.17) is 16.7 Å². The number of nitro benzene ring substituents is 1. The lowest BCUT2D eigenvalue weighted by molar-refractivity contribution is -0.384. The maximum Gasteiger partial charge on any atom is 0.337 e. The molecule has 0 spiro atoms. The number of carboxylic acids is 1. The highest BCUT2D eigenvalue weighted by molar-refractivity contribution is 6.31. The maximum absolute atomic E-state index is 11.9. The summed E-state index contributed by atoms with van der Waals surface area (Å²) in [6.07, 6.45) is 2.65. The van der Waals surface area contributed by atoms with Crippen LogP contribution in [0.25, 0.3) is 6.08 Å². The van der Waals surface area contributed by atoms with E-state index in [1.807, 2.05) is 0 Å².